The maximum Gasteiger partial charge on any atom is 0.274 e. The maximum absolute atomic E-state index is 12.9. The van der Waals surface area contributed by atoms with Gasteiger partial charge in [-0.25, -0.2) is 0 Å². The van der Waals surface area contributed by atoms with E-state index in [9.17, 15) is 14.9 Å². The van der Waals surface area contributed by atoms with Crippen molar-refractivity contribution in [1.82, 2.24) is 4.90 Å². The molecule has 2 aliphatic heterocycles. The first-order valence-electron chi connectivity index (χ1n) is 8.12. The van der Waals surface area contributed by atoms with Gasteiger partial charge in [-0.15, -0.1) is 0 Å². The van der Waals surface area contributed by atoms with E-state index in [-0.39, 0.29) is 27.9 Å². The Morgan fingerprint density at radius 2 is 2.14 bits per heavy atom. The molecule has 4 atom stereocenters. The molecule has 5 heteroatoms. The second-order valence-corrected chi connectivity index (χ2v) is 6.88. The van der Waals surface area contributed by atoms with Crippen LogP contribution in [0.3, 0.4) is 0 Å². The summed E-state index contributed by atoms with van der Waals surface area (Å²) in [5.74, 6) is 0.178. The van der Waals surface area contributed by atoms with Crippen LogP contribution in [0.25, 0.3) is 0 Å². The summed E-state index contributed by atoms with van der Waals surface area (Å²) in [5.41, 5.74) is 0.163. The SMILES string of the molecule is CC[C@]12CCCN3[C@H]1[C@]3(c1ccccc1[N+](=O)[O-])C(=O)CC2. The number of rotatable bonds is 3. The van der Waals surface area contributed by atoms with Gasteiger partial charge in [0.2, 0.25) is 0 Å². The molecule has 2 saturated heterocycles. The Balaban J connectivity index is 1.91. The molecular weight excluding hydrogens is 280 g/mol. The molecule has 0 aromatic heterocycles. The van der Waals surface area contributed by atoms with E-state index >= 15 is 0 Å². The monoisotopic (exact) mass is 300 g/mol. The first kappa shape index (κ1) is 13.9. The molecule has 1 saturated carbocycles. The number of hydrogen-bond donors (Lipinski definition) is 0. The zero-order valence-electron chi connectivity index (χ0n) is 12.7. The van der Waals surface area contributed by atoms with Crippen LogP contribution in [0.1, 0.15) is 44.6 Å². The van der Waals surface area contributed by atoms with E-state index in [0.717, 1.165) is 32.2 Å². The Bertz CT molecular complexity index is 674. The fraction of sp³-hybridized carbons (Fsp3) is 0.588. The van der Waals surface area contributed by atoms with Crippen molar-refractivity contribution in [1.29, 1.82) is 0 Å². The highest BCUT2D eigenvalue weighted by molar-refractivity contribution is 5.96. The predicted octanol–water partition coefficient (Wildman–Crippen LogP) is 3.03. The Labute approximate surface area is 129 Å². The van der Waals surface area contributed by atoms with Gasteiger partial charge in [0.15, 0.2) is 5.78 Å². The van der Waals surface area contributed by atoms with Gasteiger partial charge in [0, 0.05) is 18.5 Å². The molecule has 0 radical (unpaired) electrons. The van der Waals surface area contributed by atoms with E-state index in [0.29, 0.717) is 12.0 Å². The number of piperidine rings is 1. The Hall–Kier alpha value is -1.75. The minimum absolute atomic E-state index is 0.0946. The average Bonchev–Trinajstić information content (AvgIpc) is 3.24. The van der Waals surface area contributed by atoms with Gasteiger partial charge in [-0.1, -0.05) is 19.1 Å². The van der Waals surface area contributed by atoms with E-state index in [1.165, 1.54) is 6.07 Å². The second kappa shape index (κ2) is 4.38. The van der Waals surface area contributed by atoms with Crippen molar-refractivity contribution in [2.75, 3.05) is 6.54 Å². The van der Waals surface area contributed by atoms with E-state index in [1.54, 1.807) is 12.1 Å². The number of Topliss-reactive ketones (excluding diaryl/α,β-unsaturated/α-hetero) is 1. The number of nitro benzene ring substituents is 1. The molecule has 3 aliphatic rings. The summed E-state index contributed by atoms with van der Waals surface area (Å²) >= 11 is 0. The molecule has 1 unspecified atom stereocenters. The van der Waals surface area contributed by atoms with Gasteiger partial charge in [-0.2, -0.15) is 0 Å². The molecule has 3 fully saturated rings. The fourth-order valence-corrected chi connectivity index (χ4v) is 5.24. The second-order valence-electron chi connectivity index (χ2n) is 6.88. The van der Waals surface area contributed by atoms with Gasteiger partial charge in [-0.3, -0.25) is 19.8 Å². The van der Waals surface area contributed by atoms with Crippen LogP contribution in [0.2, 0.25) is 0 Å². The van der Waals surface area contributed by atoms with Crippen molar-refractivity contribution in [3.63, 3.8) is 0 Å². The fourth-order valence-electron chi connectivity index (χ4n) is 5.24. The molecule has 4 rings (SSSR count). The molecule has 0 amide bonds. The average molecular weight is 300 g/mol. The number of carbonyl (C=O) groups excluding carboxylic acids is 1. The highest BCUT2D eigenvalue weighted by Gasteiger charge is 2.77. The van der Waals surface area contributed by atoms with Crippen molar-refractivity contribution in [2.24, 2.45) is 5.41 Å². The third-order valence-electron chi connectivity index (χ3n) is 6.24. The maximum atomic E-state index is 12.9. The van der Waals surface area contributed by atoms with Gasteiger partial charge in [0.05, 0.1) is 10.5 Å². The minimum atomic E-state index is -0.714. The number of carbonyl (C=O) groups is 1. The summed E-state index contributed by atoms with van der Waals surface area (Å²) in [7, 11) is 0. The molecule has 1 aromatic carbocycles. The summed E-state index contributed by atoms with van der Waals surface area (Å²) in [4.78, 5) is 26.2. The third kappa shape index (κ3) is 1.45. The number of fused-ring (bicyclic) bond motifs is 1. The smallest absolute Gasteiger partial charge is 0.274 e. The lowest BCUT2D eigenvalue weighted by Gasteiger charge is -2.38. The predicted molar refractivity (Wildman–Crippen MR) is 81.5 cm³/mol. The number of nitro groups is 1. The van der Waals surface area contributed by atoms with Crippen LogP contribution >= 0.6 is 0 Å². The lowest BCUT2D eigenvalue weighted by Crippen LogP contribution is -2.41. The van der Waals surface area contributed by atoms with Gasteiger partial charge in [0.25, 0.3) is 5.69 Å². The first-order valence-corrected chi connectivity index (χ1v) is 8.12. The molecule has 1 aliphatic carbocycles. The summed E-state index contributed by atoms with van der Waals surface area (Å²) < 4.78 is 0. The highest BCUT2D eigenvalue weighted by atomic mass is 16.6. The highest BCUT2D eigenvalue weighted by Crippen LogP contribution is 2.68. The van der Waals surface area contributed by atoms with Gasteiger partial charge in [0.1, 0.15) is 5.54 Å². The van der Waals surface area contributed by atoms with E-state index in [4.69, 9.17) is 0 Å². The third-order valence-corrected chi connectivity index (χ3v) is 6.24. The Morgan fingerprint density at radius 1 is 1.36 bits per heavy atom. The zero-order chi connectivity index (χ0) is 15.5. The van der Waals surface area contributed by atoms with Crippen LogP contribution in [-0.4, -0.2) is 28.2 Å². The van der Waals surface area contributed by atoms with Crippen LogP contribution in [0, 0.1) is 15.5 Å². The van der Waals surface area contributed by atoms with Gasteiger partial charge < -0.3 is 0 Å². The van der Waals surface area contributed by atoms with Crippen LogP contribution in [0.15, 0.2) is 24.3 Å². The van der Waals surface area contributed by atoms with Crippen LogP contribution in [0.4, 0.5) is 5.69 Å². The zero-order valence-corrected chi connectivity index (χ0v) is 12.7. The molecule has 2 heterocycles. The van der Waals surface area contributed by atoms with Crippen molar-refractivity contribution >= 4 is 11.5 Å². The summed E-state index contributed by atoms with van der Waals surface area (Å²) in [6, 6.07) is 6.99. The number of nitrogens with zero attached hydrogens (tertiary/aromatic N) is 2. The van der Waals surface area contributed by atoms with Crippen LogP contribution in [0.5, 0.6) is 0 Å². The molecule has 5 nitrogen and oxygen atoms in total. The normalized spacial score (nSPS) is 39.2. The molecular formula is C17H20N2O3. The lowest BCUT2D eigenvalue weighted by atomic mass is 9.63. The molecule has 1 aromatic rings. The standard InChI is InChI=1S/C17H20N2O3/c1-2-16-9-5-11-18-15(16)17(18,14(20)8-10-16)12-6-3-4-7-13(12)19(21)22/h3-4,6-7,15H,2,5,8-11H2,1H3/t15-,16-,17+,18?/m1/s1. The van der Waals surface area contributed by atoms with Crippen molar-refractivity contribution in [3.8, 4) is 0 Å². The molecule has 0 spiro atoms. The van der Waals surface area contributed by atoms with E-state index in [2.05, 4.69) is 11.8 Å². The molecule has 0 bridgehead atoms. The van der Waals surface area contributed by atoms with Gasteiger partial charge in [-0.05, 0) is 43.7 Å². The number of hydrogen-bond acceptors (Lipinski definition) is 4. The topological polar surface area (TPSA) is 63.2 Å². The van der Waals surface area contributed by atoms with Crippen LogP contribution < -0.4 is 0 Å². The van der Waals surface area contributed by atoms with E-state index in [1.807, 2.05) is 6.07 Å². The van der Waals surface area contributed by atoms with Crippen molar-refractivity contribution in [3.05, 3.63) is 39.9 Å². The summed E-state index contributed by atoms with van der Waals surface area (Å²) in [6.07, 6.45) is 4.75. The number of benzene rings is 1. The molecule has 22 heavy (non-hydrogen) atoms. The number of ketones is 1. The lowest BCUT2D eigenvalue weighted by molar-refractivity contribution is -0.385. The molecule has 0 N–H and O–H groups in total. The summed E-state index contributed by atoms with van der Waals surface area (Å²) in [5, 5.41) is 11.4. The summed E-state index contributed by atoms with van der Waals surface area (Å²) in [6.45, 7) is 3.08. The number of para-hydroxylation sites is 1. The largest absolute Gasteiger partial charge is 0.297 e. The van der Waals surface area contributed by atoms with Gasteiger partial charge >= 0.3 is 0 Å². The van der Waals surface area contributed by atoms with Crippen molar-refractivity contribution in [2.45, 2.75) is 50.6 Å². The van der Waals surface area contributed by atoms with Crippen molar-refractivity contribution < 1.29 is 9.72 Å². The first-order chi connectivity index (χ1) is 10.6. The van der Waals surface area contributed by atoms with Crippen LogP contribution in [-0.2, 0) is 10.3 Å². The molecule has 116 valence electrons. The Morgan fingerprint density at radius 3 is 2.86 bits per heavy atom. The van der Waals surface area contributed by atoms with E-state index < -0.39 is 5.54 Å². The Kier molecular flexibility index (Phi) is 2.77. The quantitative estimate of drug-likeness (QED) is 0.489. The minimum Gasteiger partial charge on any atom is -0.297 e.